The van der Waals surface area contributed by atoms with E-state index in [1.807, 2.05) is 11.4 Å². The van der Waals surface area contributed by atoms with Crippen molar-refractivity contribution in [1.29, 1.82) is 0 Å². The molecule has 1 aromatic heterocycles. The lowest BCUT2D eigenvalue weighted by atomic mass is 9.90. The predicted molar refractivity (Wildman–Crippen MR) is 78.7 cm³/mol. The maximum absolute atomic E-state index is 11.5. The van der Waals surface area contributed by atoms with Gasteiger partial charge >= 0.3 is 5.97 Å². The van der Waals surface area contributed by atoms with Crippen molar-refractivity contribution in [3.63, 3.8) is 0 Å². The number of carboxylic acids is 1. The van der Waals surface area contributed by atoms with E-state index in [9.17, 15) is 9.90 Å². The van der Waals surface area contributed by atoms with Crippen LogP contribution < -0.4 is 0 Å². The van der Waals surface area contributed by atoms with Crippen LogP contribution in [-0.2, 0) is 11.2 Å². The summed E-state index contributed by atoms with van der Waals surface area (Å²) in [7, 11) is 0. The van der Waals surface area contributed by atoms with E-state index >= 15 is 0 Å². The molecular weight excluding hydrogens is 258 g/mol. The Hall–Kier alpha value is -0.870. The molecule has 0 saturated carbocycles. The van der Waals surface area contributed by atoms with Gasteiger partial charge in [0.15, 0.2) is 0 Å². The summed E-state index contributed by atoms with van der Waals surface area (Å²) in [5.74, 6) is -0.713. The van der Waals surface area contributed by atoms with Crippen LogP contribution in [0.25, 0.3) is 0 Å². The van der Waals surface area contributed by atoms with Crippen LogP contribution in [0.3, 0.4) is 0 Å². The Labute approximate surface area is 119 Å². The number of hydrogen-bond acceptors (Lipinski definition) is 3. The molecule has 0 saturated heterocycles. The van der Waals surface area contributed by atoms with Gasteiger partial charge in [-0.3, -0.25) is 9.69 Å². The van der Waals surface area contributed by atoms with Gasteiger partial charge in [-0.25, -0.2) is 0 Å². The Bertz CT molecular complexity index is 447. The van der Waals surface area contributed by atoms with Crippen molar-refractivity contribution in [2.45, 2.75) is 46.1 Å². The molecule has 0 amide bonds. The van der Waals surface area contributed by atoms with Crippen molar-refractivity contribution in [3.05, 3.63) is 21.9 Å². The maximum atomic E-state index is 11.5. The third-order valence-corrected chi connectivity index (χ3v) is 4.67. The van der Waals surface area contributed by atoms with Gasteiger partial charge in [0.1, 0.15) is 6.04 Å². The van der Waals surface area contributed by atoms with E-state index < -0.39 is 12.0 Å². The molecule has 2 rings (SSSR count). The van der Waals surface area contributed by atoms with Gasteiger partial charge in [-0.1, -0.05) is 20.8 Å². The van der Waals surface area contributed by atoms with Crippen LogP contribution in [0.4, 0.5) is 0 Å². The number of hydrogen-bond donors (Lipinski definition) is 1. The molecule has 2 heterocycles. The quantitative estimate of drug-likeness (QED) is 0.917. The fourth-order valence-corrected chi connectivity index (χ4v) is 3.61. The minimum atomic E-state index is -0.713. The SMILES string of the molecule is CC(C)(C)CCCN1CCc2sccc2C1C(=O)O. The molecule has 1 atom stereocenters. The molecule has 0 radical (unpaired) electrons. The Kier molecular flexibility index (Phi) is 4.31. The lowest BCUT2D eigenvalue weighted by molar-refractivity contribution is -0.144. The molecule has 0 spiro atoms. The molecule has 0 bridgehead atoms. The zero-order valence-electron chi connectivity index (χ0n) is 12.0. The summed E-state index contributed by atoms with van der Waals surface area (Å²) in [6.07, 6.45) is 3.19. The normalized spacial score (nSPS) is 20.3. The number of carbonyl (C=O) groups is 1. The second kappa shape index (κ2) is 5.63. The van der Waals surface area contributed by atoms with E-state index in [2.05, 4.69) is 25.7 Å². The van der Waals surface area contributed by atoms with Gasteiger partial charge in [-0.2, -0.15) is 0 Å². The highest BCUT2D eigenvalue weighted by Gasteiger charge is 2.33. The first kappa shape index (κ1) is 14.5. The van der Waals surface area contributed by atoms with E-state index in [1.165, 1.54) is 4.88 Å². The van der Waals surface area contributed by atoms with Gasteiger partial charge in [0.2, 0.25) is 0 Å². The van der Waals surface area contributed by atoms with Crippen LogP contribution in [0, 0.1) is 5.41 Å². The molecule has 1 N–H and O–H groups in total. The van der Waals surface area contributed by atoms with Gasteiger partial charge < -0.3 is 5.11 Å². The molecule has 1 aromatic rings. The van der Waals surface area contributed by atoms with Crippen LogP contribution in [-0.4, -0.2) is 29.1 Å². The maximum Gasteiger partial charge on any atom is 0.325 e. The van der Waals surface area contributed by atoms with Crippen LogP contribution in [0.1, 0.15) is 50.1 Å². The molecule has 0 aromatic carbocycles. The topological polar surface area (TPSA) is 40.5 Å². The highest BCUT2D eigenvalue weighted by atomic mass is 32.1. The summed E-state index contributed by atoms with van der Waals surface area (Å²) in [5, 5.41) is 11.5. The molecule has 1 unspecified atom stereocenters. The van der Waals surface area contributed by atoms with Crippen molar-refractivity contribution < 1.29 is 9.90 Å². The first-order valence-electron chi connectivity index (χ1n) is 6.91. The van der Waals surface area contributed by atoms with Crippen molar-refractivity contribution in [2.24, 2.45) is 5.41 Å². The minimum absolute atomic E-state index is 0.321. The van der Waals surface area contributed by atoms with Crippen molar-refractivity contribution in [3.8, 4) is 0 Å². The number of fused-ring (bicyclic) bond motifs is 1. The van der Waals surface area contributed by atoms with Gasteiger partial charge in [0, 0.05) is 11.4 Å². The average Bonchev–Trinajstić information content (AvgIpc) is 2.74. The van der Waals surface area contributed by atoms with Crippen molar-refractivity contribution in [2.75, 3.05) is 13.1 Å². The Morgan fingerprint density at radius 2 is 2.26 bits per heavy atom. The van der Waals surface area contributed by atoms with Crippen molar-refractivity contribution in [1.82, 2.24) is 4.90 Å². The zero-order valence-corrected chi connectivity index (χ0v) is 12.8. The van der Waals surface area contributed by atoms with E-state index in [-0.39, 0.29) is 0 Å². The molecule has 0 fully saturated rings. The number of nitrogens with zero attached hydrogens (tertiary/aromatic N) is 1. The highest BCUT2D eigenvalue weighted by molar-refractivity contribution is 7.10. The first-order chi connectivity index (χ1) is 8.88. The van der Waals surface area contributed by atoms with Gasteiger partial charge in [-0.05, 0) is 48.2 Å². The smallest absolute Gasteiger partial charge is 0.325 e. The second-order valence-corrected chi connectivity index (χ2v) is 7.49. The lowest BCUT2D eigenvalue weighted by Crippen LogP contribution is -2.39. The number of carboxylic acid groups (broad SMARTS) is 1. The predicted octanol–water partition coefficient (Wildman–Crippen LogP) is 3.56. The lowest BCUT2D eigenvalue weighted by Gasteiger charge is -2.33. The van der Waals surface area contributed by atoms with E-state index in [1.54, 1.807) is 11.3 Å². The van der Waals surface area contributed by atoms with Gasteiger partial charge in [-0.15, -0.1) is 11.3 Å². The fourth-order valence-electron chi connectivity index (χ4n) is 2.71. The Morgan fingerprint density at radius 3 is 2.89 bits per heavy atom. The number of rotatable bonds is 4. The van der Waals surface area contributed by atoms with Crippen LogP contribution >= 0.6 is 11.3 Å². The molecule has 1 aliphatic heterocycles. The Morgan fingerprint density at radius 1 is 1.53 bits per heavy atom. The molecule has 4 heteroatoms. The summed E-state index contributed by atoms with van der Waals surface area (Å²) in [4.78, 5) is 14.9. The third kappa shape index (κ3) is 3.57. The van der Waals surface area contributed by atoms with Gasteiger partial charge in [0.05, 0.1) is 0 Å². The summed E-state index contributed by atoms with van der Waals surface area (Å²) in [5.41, 5.74) is 1.33. The first-order valence-corrected chi connectivity index (χ1v) is 7.79. The summed E-state index contributed by atoms with van der Waals surface area (Å²) < 4.78 is 0. The van der Waals surface area contributed by atoms with E-state index in [0.29, 0.717) is 5.41 Å². The number of aliphatic carboxylic acids is 1. The van der Waals surface area contributed by atoms with Crippen LogP contribution in [0.15, 0.2) is 11.4 Å². The molecule has 0 aliphatic carbocycles. The summed E-state index contributed by atoms with van der Waals surface area (Å²) >= 11 is 1.69. The largest absolute Gasteiger partial charge is 0.480 e. The zero-order chi connectivity index (χ0) is 14.0. The molecule has 19 heavy (non-hydrogen) atoms. The van der Waals surface area contributed by atoms with Crippen LogP contribution in [0.5, 0.6) is 0 Å². The molecular formula is C15H23NO2S. The van der Waals surface area contributed by atoms with E-state index in [0.717, 1.165) is 37.9 Å². The fraction of sp³-hybridized carbons (Fsp3) is 0.667. The second-order valence-electron chi connectivity index (χ2n) is 6.49. The molecule has 3 nitrogen and oxygen atoms in total. The Balaban J connectivity index is 2.03. The standard InChI is InChI=1S/C15H23NO2S/c1-15(2,3)7-4-8-16-9-5-12-11(6-10-19-12)13(16)14(17)18/h6,10,13H,4-5,7-9H2,1-3H3,(H,17,18). The number of thiophene rings is 1. The molecule has 1 aliphatic rings. The van der Waals surface area contributed by atoms with E-state index in [4.69, 9.17) is 0 Å². The highest BCUT2D eigenvalue weighted by Crippen LogP contribution is 2.34. The van der Waals surface area contributed by atoms with Gasteiger partial charge in [0.25, 0.3) is 0 Å². The average molecular weight is 281 g/mol. The van der Waals surface area contributed by atoms with Crippen LogP contribution in [0.2, 0.25) is 0 Å². The third-order valence-electron chi connectivity index (χ3n) is 3.67. The minimum Gasteiger partial charge on any atom is -0.480 e. The monoisotopic (exact) mass is 281 g/mol. The van der Waals surface area contributed by atoms with Crippen molar-refractivity contribution >= 4 is 17.3 Å². The summed E-state index contributed by atoms with van der Waals surface area (Å²) in [6, 6.07) is 1.55. The summed E-state index contributed by atoms with van der Waals surface area (Å²) in [6.45, 7) is 8.44. The molecule has 106 valence electrons.